The first kappa shape index (κ1) is 8.08. The van der Waals surface area contributed by atoms with Gasteiger partial charge in [0.15, 0.2) is 0 Å². The van der Waals surface area contributed by atoms with E-state index in [4.69, 9.17) is 10.5 Å². The van der Waals surface area contributed by atoms with Gasteiger partial charge in [0, 0.05) is 0 Å². The second-order valence-corrected chi connectivity index (χ2v) is 2.28. The molecule has 0 amide bonds. The summed E-state index contributed by atoms with van der Waals surface area (Å²) in [6, 6.07) is 8.62. The summed E-state index contributed by atoms with van der Waals surface area (Å²) in [6.07, 6.45) is 0.859. The molecule has 2 nitrogen and oxygen atoms in total. The molecule has 0 bridgehead atoms. The number of hydrogen-bond acceptors (Lipinski definition) is 2. The Hall–Kier alpha value is -1.02. The van der Waals surface area contributed by atoms with Crippen LogP contribution in [0.2, 0.25) is 0 Å². The molecular formula is C9H12NO. The quantitative estimate of drug-likeness (QED) is 0.697. The molecule has 2 heteroatoms. The molecule has 0 saturated heterocycles. The smallest absolute Gasteiger partial charge is 0.122 e. The minimum absolute atomic E-state index is 0.653. The summed E-state index contributed by atoms with van der Waals surface area (Å²) in [4.78, 5) is 0. The van der Waals surface area contributed by atoms with E-state index in [9.17, 15) is 0 Å². The molecule has 0 aliphatic carbocycles. The molecule has 2 N–H and O–H groups in total. The normalized spacial score (nSPS) is 9.64. The van der Waals surface area contributed by atoms with Crippen LogP contribution < -0.4 is 10.5 Å². The molecule has 0 fully saturated rings. The van der Waals surface area contributed by atoms with Crippen molar-refractivity contribution in [3.05, 3.63) is 29.8 Å². The summed E-state index contributed by atoms with van der Waals surface area (Å²) in [5.41, 5.74) is 6.57. The number of methoxy groups -OCH3 is 1. The van der Waals surface area contributed by atoms with Crippen molar-refractivity contribution in [2.45, 2.75) is 6.42 Å². The third-order valence-corrected chi connectivity index (χ3v) is 1.55. The maximum absolute atomic E-state index is 5.42. The highest BCUT2D eigenvalue weighted by Gasteiger charge is 1.98. The maximum Gasteiger partial charge on any atom is 0.122 e. The van der Waals surface area contributed by atoms with Crippen molar-refractivity contribution < 1.29 is 4.74 Å². The molecule has 11 heavy (non-hydrogen) atoms. The van der Waals surface area contributed by atoms with Gasteiger partial charge in [-0.05, 0) is 30.7 Å². The standard InChI is InChI=1S/C9H12NO/c1-11-9-5-3-2-4-8(9)6-7-10/h2,4-5H,6-7,10H2,1H3. The second-order valence-electron chi connectivity index (χ2n) is 2.28. The van der Waals surface area contributed by atoms with Crippen LogP contribution in [-0.2, 0) is 6.42 Å². The highest BCUT2D eigenvalue weighted by atomic mass is 16.5. The van der Waals surface area contributed by atoms with Gasteiger partial charge in [-0.1, -0.05) is 12.1 Å². The lowest BCUT2D eigenvalue weighted by Gasteiger charge is -2.05. The lowest BCUT2D eigenvalue weighted by molar-refractivity contribution is 0.409. The highest BCUT2D eigenvalue weighted by molar-refractivity contribution is 5.32. The zero-order valence-corrected chi connectivity index (χ0v) is 6.63. The van der Waals surface area contributed by atoms with Crippen molar-refractivity contribution in [1.29, 1.82) is 0 Å². The van der Waals surface area contributed by atoms with Gasteiger partial charge >= 0.3 is 0 Å². The zero-order valence-electron chi connectivity index (χ0n) is 6.63. The van der Waals surface area contributed by atoms with Crippen molar-refractivity contribution >= 4 is 0 Å². The summed E-state index contributed by atoms with van der Waals surface area (Å²) in [6.45, 7) is 0.653. The minimum atomic E-state index is 0.653. The van der Waals surface area contributed by atoms with Crippen molar-refractivity contribution in [1.82, 2.24) is 0 Å². The van der Waals surface area contributed by atoms with E-state index >= 15 is 0 Å². The number of benzene rings is 1. The Bertz CT molecular complexity index is 223. The fourth-order valence-corrected chi connectivity index (χ4v) is 0.999. The van der Waals surface area contributed by atoms with Crippen LogP contribution in [-0.4, -0.2) is 13.7 Å². The van der Waals surface area contributed by atoms with Gasteiger partial charge in [0.05, 0.1) is 7.11 Å². The van der Waals surface area contributed by atoms with E-state index in [1.165, 1.54) is 0 Å². The Morgan fingerprint density at radius 1 is 1.64 bits per heavy atom. The van der Waals surface area contributed by atoms with Crippen LogP contribution in [0.4, 0.5) is 0 Å². The van der Waals surface area contributed by atoms with Crippen molar-refractivity contribution in [2.75, 3.05) is 13.7 Å². The fraction of sp³-hybridized carbons (Fsp3) is 0.333. The second kappa shape index (κ2) is 3.98. The largest absolute Gasteiger partial charge is 0.496 e. The summed E-state index contributed by atoms with van der Waals surface area (Å²) < 4.78 is 5.11. The first-order valence-corrected chi connectivity index (χ1v) is 3.61. The Labute approximate surface area is 67.0 Å². The molecule has 1 aromatic rings. The number of rotatable bonds is 3. The Kier molecular flexibility index (Phi) is 2.93. The van der Waals surface area contributed by atoms with Crippen molar-refractivity contribution in [2.24, 2.45) is 5.73 Å². The molecule has 1 aromatic carbocycles. The summed E-state index contributed by atoms with van der Waals surface area (Å²) in [5.74, 6) is 0.873. The van der Waals surface area contributed by atoms with Gasteiger partial charge < -0.3 is 10.5 Å². The third-order valence-electron chi connectivity index (χ3n) is 1.55. The third kappa shape index (κ3) is 1.95. The first-order valence-electron chi connectivity index (χ1n) is 3.61. The van der Waals surface area contributed by atoms with Gasteiger partial charge in [0.1, 0.15) is 5.75 Å². The molecule has 0 heterocycles. The lowest BCUT2D eigenvalue weighted by Crippen LogP contribution is -2.03. The van der Waals surface area contributed by atoms with E-state index in [2.05, 4.69) is 6.07 Å². The monoisotopic (exact) mass is 150 g/mol. The predicted molar refractivity (Wildman–Crippen MR) is 44.6 cm³/mol. The van der Waals surface area contributed by atoms with E-state index in [0.29, 0.717) is 6.54 Å². The molecule has 0 aromatic heterocycles. The van der Waals surface area contributed by atoms with E-state index < -0.39 is 0 Å². The van der Waals surface area contributed by atoms with Gasteiger partial charge in [-0.2, -0.15) is 0 Å². The maximum atomic E-state index is 5.42. The Morgan fingerprint density at radius 2 is 2.45 bits per heavy atom. The van der Waals surface area contributed by atoms with Gasteiger partial charge in [-0.25, -0.2) is 0 Å². The van der Waals surface area contributed by atoms with Gasteiger partial charge in [0.2, 0.25) is 0 Å². The average molecular weight is 150 g/mol. The fourth-order valence-electron chi connectivity index (χ4n) is 0.999. The summed E-state index contributed by atoms with van der Waals surface area (Å²) in [5, 5.41) is 0. The van der Waals surface area contributed by atoms with E-state index in [-0.39, 0.29) is 0 Å². The SMILES string of the molecule is COc1c[c]ccc1CCN. The molecular weight excluding hydrogens is 138 g/mol. The van der Waals surface area contributed by atoms with E-state index in [0.717, 1.165) is 17.7 Å². The van der Waals surface area contributed by atoms with Crippen LogP contribution in [0.3, 0.4) is 0 Å². The first-order chi connectivity index (χ1) is 5.38. The Morgan fingerprint density at radius 3 is 3.09 bits per heavy atom. The molecule has 1 radical (unpaired) electrons. The number of ether oxygens (including phenoxy) is 1. The molecule has 0 unspecified atom stereocenters. The van der Waals surface area contributed by atoms with Crippen LogP contribution in [0.25, 0.3) is 0 Å². The number of nitrogens with two attached hydrogens (primary N) is 1. The predicted octanol–water partition coefficient (Wildman–Crippen LogP) is 0.997. The van der Waals surface area contributed by atoms with Crippen LogP contribution in [0.15, 0.2) is 18.2 Å². The topological polar surface area (TPSA) is 35.2 Å². The molecule has 0 saturated carbocycles. The Balaban J connectivity index is 2.83. The molecule has 0 aliphatic heterocycles. The van der Waals surface area contributed by atoms with Crippen LogP contribution in [0.1, 0.15) is 5.56 Å². The number of hydrogen-bond donors (Lipinski definition) is 1. The van der Waals surface area contributed by atoms with Gasteiger partial charge in [0.25, 0.3) is 0 Å². The minimum Gasteiger partial charge on any atom is -0.496 e. The van der Waals surface area contributed by atoms with E-state index in [1.54, 1.807) is 7.11 Å². The average Bonchev–Trinajstić information content (AvgIpc) is 2.06. The van der Waals surface area contributed by atoms with Gasteiger partial charge in [-0.15, -0.1) is 0 Å². The van der Waals surface area contributed by atoms with Crippen LogP contribution in [0.5, 0.6) is 5.75 Å². The van der Waals surface area contributed by atoms with Crippen LogP contribution in [0, 0.1) is 6.07 Å². The van der Waals surface area contributed by atoms with Gasteiger partial charge in [-0.3, -0.25) is 0 Å². The molecule has 1 rings (SSSR count). The summed E-state index contributed by atoms with van der Waals surface area (Å²) >= 11 is 0. The molecule has 59 valence electrons. The van der Waals surface area contributed by atoms with Crippen LogP contribution >= 0.6 is 0 Å². The highest BCUT2D eigenvalue weighted by Crippen LogP contribution is 2.16. The zero-order chi connectivity index (χ0) is 8.10. The van der Waals surface area contributed by atoms with E-state index in [1.807, 2.05) is 18.2 Å². The molecule has 0 spiro atoms. The van der Waals surface area contributed by atoms with Crippen molar-refractivity contribution in [3.8, 4) is 5.75 Å². The lowest BCUT2D eigenvalue weighted by atomic mass is 10.1. The van der Waals surface area contributed by atoms with Crippen molar-refractivity contribution in [3.63, 3.8) is 0 Å². The molecule has 0 atom stereocenters. The summed E-state index contributed by atoms with van der Waals surface area (Å²) in [7, 11) is 1.66. The molecule has 0 aliphatic rings.